The molecule has 1 saturated heterocycles. The Kier molecular flexibility index (Phi) is 7.58. The lowest BCUT2D eigenvalue weighted by molar-refractivity contribution is -0.110. The Morgan fingerprint density at radius 1 is 1.16 bits per heavy atom. The van der Waals surface area contributed by atoms with Crippen LogP contribution in [0.3, 0.4) is 0 Å². The first-order chi connectivity index (χ1) is 18.4. The molecule has 0 aliphatic carbocycles. The number of hydrogen-bond acceptors (Lipinski definition) is 11. The molecule has 0 unspecified atom stereocenters. The molecule has 1 aliphatic rings. The quantitative estimate of drug-likeness (QED) is 0.244. The maximum absolute atomic E-state index is 13.3. The van der Waals surface area contributed by atoms with Gasteiger partial charge in [0, 0.05) is 24.4 Å². The molecule has 5 rings (SSSR count). The maximum Gasteiger partial charge on any atom is 0.280 e. The van der Waals surface area contributed by atoms with Gasteiger partial charge < -0.3 is 14.3 Å². The number of pyridine rings is 2. The van der Waals surface area contributed by atoms with E-state index < -0.39 is 21.0 Å². The second kappa shape index (κ2) is 11.2. The highest BCUT2D eigenvalue weighted by molar-refractivity contribution is 7.92. The molecule has 1 N–H and O–H groups in total. The van der Waals surface area contributed by atoms with Gasteiger partial charge in [-0.1, -0.05) is 34.7 Å². The number of ether oxygens (including phenoxy) is 2. The van der Waals surface area contributed by atoms with Gasteiger partial charge in [-0.15, -0.1) is 0 Å². The van der Waals surface area contributed by atoms with E-state index in [0.717, 1.165) is 0 Å². The number of rotatable bonds is 9. The predicted octanol–water partition coefficient (Wildman–Crippen LogP) is 3.22. The molecule has 13 heteroatoms. The summed E-state index contributed by atoms with van der Waals surface area (Å²) in [6, 6.07) is 14.7. The number of aromatic nitrogens is 3. The van der Waals surface area contributed by atoms with Crippen molar-refractivity contribution in [2.24, 2.45) is 5.16 Å². The second-order valence-corrected chi connectivity index (χ2v) is 11.4. The number of carbonyl (C=O) groups is 1. The molecule has 0 radical (unpaired) electrons. The molecule has 1 aromatic carbocycles. The molecule has 11 nitrogen and oxygen atoms in total. The fourth-order valence-corrected chi connectivity index (χ4v) is 6.15. The molecule has 3 aromatic heterocycles. The van der Waals surface area contributed by atoms with Gasteiger partial charge >= 0.3 is 0 Å². The summed E-state index contributed by atoms with van der Waals surface area (Å²) in [6.07, 6.45) is 2.07. The number of fused-ring (bicyclic) bond motifs is 1. The van der Waals surface area contributed by atoms with Crippen LogP contribution in [0.5, 0.6) is 5.88 Å². The molecular formula is C25H23N5O6S2. The van der Waals surface area contributed by atoms with Crippen LogP contribution in [-0.2, 0) is 30.8 Å². The first kappa shape index (κ1) is 25.7. The van der Waals surface area contributed by atoms with E-state index in [1.165, 1.54) is 42.7 Å². The lowest BCUT2D eigenvalue weighted by atomic mass is 10.1. The number of sulfone groups is 1. The number of carbonyl (C=O) groups excluding carboxylic acids is 1. The minimum atomic E-state index is -3.55. The minimum Gasteiger partial charge on any atom is -0.481 e. The first-order valence-corrected chi connectivity index (χ1v) is 13.9. The Morgan fingerprint density at radius 2 is 2.00 bits per heavy atom. The van der Waals surface area contributed by atoms with Crippen molar-refractivity contribution in [1.29, 1.82) is 0 Å². The Balaban J connectivity index is 1.40. The highest BCUT2D eigenvalue weighted by Crippen LogP contribution is 2.27. The van der Waals surface area contributed by atoms with Gasteiger partial charge in [0.15, 0.2) is 27.3 Å². The van der Waals surface area contributed by atoms with Crippen molar-refractivity contribution in [3.05, 3.63) is 72.1 Å². The summed E-state index contributed by atoms with van der Waals surface area (Å²) in [6.45, 7) is 0.626. The number of benzene rings is 1. The number of anilines is 1. The van der Waals surface area contributed by atoms with Crippen LogP contribution in [0.4, 0.5) is 5.13 Å². The zero-order valence-corrected chi connectivity index (χ0v) is 21.9. The van der Waals surface area contributed by atoms with Crippen LogP contribution < -0.4 is 10.1 Å². The summed E-state index contributed by atoms with van der Waals surface area (Å²) in [5.74, 6) is -0.153. The summed E-state index contributed by atoms with van der Waals surface area (Å²) in [7, 11) is -2.04. The SMILES string of the molecule is COc1ccc2nc(NC(=O)/C(=N/OCc3ccccn3)c3ccc(S(=O)(=O)[C@H]4CCOC4)cc3)sc2n1. The number of nitrogens with one attached hydrogen (secondary N) is 1. The van der Waals surface area contributed by atoms with Crippen molar-refractivity contribution in [2.75, 3.05) is 25.6 Å². The first-order valence-electron chi connectivity index (χ1n) is 11.6. The van der Waals surface area contributed by atoms with Crippen LogP contribution in [0.15, 0.2) is 70.8 Å². The van der Waals surface area contributed by atoms with E-state index in [1.807, 2.05) is 6.07 Å². The van der Waals surface area contributed by atoms with E-state index in [0.29, 0.717) is 45.6 Å². The summed E-state index contributed by atoms with van der Waals surface area (Å²) in [4.78, 5) is 32.4. The van der Waals surface area contributed by atoms with E-state index in [1.54, 1.807) is 30.5 Å². The zero-order valence-electron chi connectivity index (χ0n) is 20.2. The molecule has 196 valence electrons. The summed E-state index contributed by atoms with van der Waals surface area (Å²) in [5, 5.41) is 6.53. The van der Waals surface area contributed by atoms with Crippen LogP contribution in [0.1, 0.15) is 17.7 Å². The van der Waals surface area contributed by atoms with E-state index in [9.17, 15) is 13.2 Å². The summed E-state index contributed by atoms with van der Waals surface area (Å²) >= 11 is 1.18. The van der Waals surface area contributed by atoms with Gasteiger partial charge in [-0.05, 0) is 36.8 Å². The van der Waals surface area contributed by atoms with Crippen molar-refractivity contribution in [1.82, 2.24) is 15.0 Å². The minimum absolute atomic E-state index is 0.0383. The Hall–Kier alpha value is -3.94. The Morgan fingerprint density at radius 3 is 2.71 bits per heavy atom. The molecule has 1 amide bonds. The lowest BCUT2D eigenvalue weighted by Crippen LogP contribution is -2.25. The van der Waals surface area contributed by atoms with Crippen molar-refractivity contribution in [3.8, 4) is 5.88 Å². The molecule has 1 atom stereocenters. The Bertz CT molecular complexity index is 1570. The molecule has 4 aromatic rings. The third-order valence-electron chi connectivity index (χ3n) is 5.75. The normalized spacial score (nSPS) is 15.9. The third-order valence-corrected chi connectivity index (χ3v) is 8.81. The molecule has 4 heterocycles. The highest BCUT2D eigenvalue weighted by Gasteiger charge is 2.31. The number of methoxy groups -OCH3 is 1. The topological polar surface area (TPSA) is 142 Å². The maximum atomic E-state index is 13.3. The number of oxime groups is 1. The van der Waals surface area contributed by atoms with Crippen molar-refractivity contribution >= 4 is 48.3 Å². The molecule has 38 heavy (non-hydrogen) atoms. The standard InChI is InChI=1S/C25H23N5O6S2/c1-34-21-10-9-20-24(28-21)37-25(27-20)29-23(31)22(30-36-14-17-4-2-3-12-26-17)16-5-7-18(8-6-16)38(32,33)19-11-13-35-15-19/h2-10,12,19H,11,13-15H2,1H3,(H,27,29,31)/b30-22+/t19-/m0/s1. The predicted molar refractivity (Wildman–Crippen MR) is 141 cm³/mol. The summed E-state index contributed by atoms with van der Waals surface area (Å²) < 4.78 is 36.2. The van der Waals surface area contributed by atoms with Crippen LogP contribution in [0.2, 0.25) is 0 Å². The van der Waals surface area contributed by atoms with E-state index >= 15 is 0 Å². The van der Waals surface area contributed by atoms with Gasteiger partial charge in [0.05, 0.1) is 29.6 Å². The van der Waals surface area contributed by atoms with E-state index in [2.05, 4.69) is 25.4 Å². The average Bonchev–Trinajstić information content (AvgIpc) is 3.62. The van der Waals surface area contributed by atoms with Crippen molar-refractivity contribution in [2.45, 2.75) is 23.2 Å². The van der Waals surface area contributed by atoms with Crippen LogP contribution in [-0.4, -0.2) is 60.6 Å². The average molecular weight is 554 g/mol. The third kappa shape index (κ3) is 5.64. The second-order valence-electron chi connectivity index (χ2n) is 8.24. The van der Waals surface area contributed by atoms with Gasteiger partial charge in [-0.2, -0.15) is 0 Å². The Labute approximate surface area is 222 Å². The molecule has 1 aliphatic heterocycles. The van der Waals surface area contributed by atoms with E-state index in [4.69, 9.17) is 14.3 Å². The molecule has 0 spiro atoms. The molecule has 0 saturated carbocycles. The smallest absolute Gasteiger partial charge is 0.280 e. The van der Waals surface area contributed by atoms with E-state index in [-0.39, 0.29) is 23.8 Å². The number of nitrogens with zero attached hydrogens (tertiary/aromatic N) is 4. The van der Waals surface area contributed by atoms with Crippen molar-refractivity contribution < 1.29 is 27.5 Å². The zero-order chi connectivity index (χ0) is 26.5. The summed E-state index contributed by atoms with van der Waals surface area (Å²) in [5.41, 5.74) is 1.54. The van der Waals surface area contributed by atoms with Gasteiger partial charge in [0.1, 0.15) is 10.3 Å². The highest BCUT2D eigenvalue weighted by atomic mass is 32.2. The fraction of sp³-hybridized carbons (Fsp3) is 0.240. The number of amides is 1. The van der Waals surface area contributed by atoms with Crippen LogP contribution in [0, 0.1) is 0 Å². The largest absolute Gasteiger partial charge is 0.481 e. The fourth-order valence-electron chi connectivity index (χ4n) is 3.75. The number of hydrogen-bond donors (Lipinski definition) is 1. The molecular weight excluding hydrogens is 530 g/mol. The molecule has 1 fully saturated rings. The van der Waals surface area contributed by atoms with Crippen LogP contribution >= 0.6 is 11.3 Å². The lowest BCUT2D eigenvalue weighted by Gasteiger charge is -2.11. The monoisotopic (exact) mass is 553 g/mol. The van der Waals surface area contributed by atoms with Gasteiger partial charge in [0.25, 0.3) is 5.91 Å². The van der Waals surface area contributed by atoms with Gasteiger partial charge in [0.2, 0.25) is 5.88 Å². The molecule has 0 bridgehead atoms. The van der Waals surface area contributed by atoms with Crippen LogP contribution in [0.25, 0.3) is 10.3 Å². The number of thiazole rings is 1. The van der Waals surface area contributed by atoms with Gasteiger partial charge in [-0.25, -0.2) is 18.4 Å². The van der Waals surface area contributed by atoms with Gasteiger partial charge in [-0.3, -0.25) is 15.1 Å². The van der Waals surface area contributed by atoms with Crippen molar-refractivity contribution in [3.63, 3.8) is 0 Å².